The molecule has 0 fully saturated rings. The Morgan fingerprint density at radius 3 is 2.72 bits per heavy atom. The van der Waals surface area contributed by atoms with Crippen molar-refractivity contribution >= 4 is 17.6 Å². The molecule has 3 aromatic rings. The van der Waals surface area contributed by atoms with Gasteiger partial charge in [0.15, 0.2) is 6.61 Å². The molecule has 1 N–H and O–H groups in total. The number of ether oxygens (including phenoxy) is 1. The van der Waals surface area contributed by atoms with Gasteiger partial charge >= 0.3 is 5.97 Å². The number of nitrogens with zero attached hydrogens (tertiary/aromatic N) is 4. The molecular weight excluding hydrogens is 374 g/mol. The quantitative estimate of drug-likeness (QED) is 0.579. The average molecular weight is 391 g/mol. The van der Waals surface area contributed by atoms with Crippen LogP contribution in [0, 0.1) is 11.3 Å². The fraction of sp³-hybridized carbons (Fsp3) is 0.200. The smallest absolute Gasteiger partial charge is 0.306 e. The zero-order valence-corrected chi connectivity index (χ0v) is 15.4. The number of nitrogens with one attached hydrogen (secondary N) is 1. The monoisotopic (exact) mass is 391 g/mol. The largest absolute Gasteiger partial charge is 0.456 e. The van der Waals surface area contributed by atoms with Crippen LogP contribution in [0.25, 0.3) is 11.5 Å². The number of pyridine rings is 1. The molecule has 1 aromatic carbocycles. The average Bonchev–Trinajstić information content (AvgIpc) is 3.22. The number of anilines is 1. The molecule has 146 valence electrons. The zero-order chi connectivity index (χ0) is 20.5. The highest BCUT2D eigenvalue weighted by Crippen LogP contribution is 2.13. The molecule has 2 heterocycles. The normalized spacial score (nSPS) is 10.2. The molecule has 3 rings (SSSR count). The van der Waals surface area contributed by atoms with Crippen LogP contribution in [-0.4, -0.2) is 33.6 Å². The molecule has 0 atom stereocenters. The molecule has 0 saturated carbocycles. The van der Waals surface area contributed by atoms with Gasteiger partial charge in [0.1, 0.15) is 5.69 Å². The van der Waals surface area contributed by atoms with Crippen LogP contribution < -0.4 is 5.32 Å². The van der Waals surface area contributed by atoms with Crippen molar-refractivity contribution in [3.8, 4) is 17.6 Å². The van der Waals surface area contributed by atoms with Crippen molar-refractivity contribution < 1.29 is 18.8 Å². The maximum absolute atomic E-state index is 11.9. The predicted molar refractivity (Wildman–Crippen MR) is 101 cm³/mol. The van der Waals surface area contributed by atoms with E-state index in [1.54, 1.807) is 42.6 Å². The molecule has 9 nitrogen and oxygen atoms in total. The second kappa shape index (κ2) is 9.75. The van der Waals surface area contributed by atoms with E-state index >= 15 is 0 Å². The summed E-state index contributed by atoms with van der Waals surface area (Å²) in [5, 5.41) is 15.1. The first kappa shape index (κ1) is 19.7. The molecular formula is C20H17N5O4. The summed E-state index contributed by atoms with van der Waals surface area (Å²) in [5.74, 6) is -0.387. The minimum atomic E-state index is -0.554. The fourth-order valence-corrected chi connectivity index (χ4v) is 2.38. The van der Waals surface area contributed by atoms with Gasteiger partial charge in [-0.05, 0) is 29.8 Å². The van der Waals surface area contributed by atoms with E-state index in [2.05, 4.69) is 20.4 Å². The third-order valence-electron chi connectivity index (χ3n) is 3.79. The second-order valence-electron chi connectivity index (χ2n) is 5.97. The topological polar surface area (TPSA) is 131 Å². The van der Waals surface area contributed by atoms with E-state index in [0.29, 0.717) is 23.6 Å². The molecule has 0 aliphatic heterocycles. The van der Waals surface area contributed by atoms with Gasteiger partial charge in [-0.25, -0.2) is 0 Å². The van der Waals surface area contributed by atoms with Gasteiger partial charge in [0.2, 0.25) is 11.7 Å². The van der Waals surface area contributed by atoms with Crippen LogP contribution in [-0.2, 0) is 27.2 Å². The first-order valence-corrected chi connectivity index (χ1v) is 8.79. The van der Waals surface area contributed by atoms with E-state index in [0.717, 1.165) is 5.56 Å². The number of carbonyl (C=O) groups is 2. The highest BCUT2D eigenvalue weighted by Gasteiger charge is 2.13. The lowest BCUT2D eigenvalue weighted by molar-refractivity contribution is -0.147. The summed E-state index contributed by atoms with van der Waals surface area (Å²) < 4.78 is 10.0. The number of esters is 1. The van der Waals surface area contributed by atoms with E-state index in [1.807, 2.05) is 12.1 Å². The van der Waals surface area contributed by atoms with Crippen LogP contribution in [0.2, 0.25) is 0 Å². The van der Waals surface area contributed by atoms with Crippen LogP contribution >= 0.6 is 0 Å². The van der Waals surface area contributed by atoms with Gasteiger partial charge in [0, 0.05) is 18.3 Å². The number of rotatable bonds is 8. The van der Waals surface area contributed by atoms with Crippen molar-refractivity contribution in [3.05, 3.63) is 60.1 Å². The second-order valence-corrected chi connectivity index (χ2v) is 5.97. The van der Waals surface area contributed by atoms with Crippen LogP contribution in [0.3, 0.4) is 0 Å². The number of nitriles is 1. The van der Waals surface area contributed by atoms with E-state index < -0.39 is 18.5 Å². The SMILES string of the molecule is N#CCc1ccc(NC(=O)COC(=O)CCc2nc(-c3ccccn3)no2)cc1. The molecule has 1 amide bonds. The molecule has 9 heteroatoms. The lowest BCUT2D eigenvalue weighted by atomic mass is 10.1. The van der Waals surface area contributed by atoms with E-state index in [-0.39, 0.29) is 18.7 Å². The summed E-state index contributed by atoms with van der Waals surface area (Å²) in [7, 11) is 0. The van der Waals surface area contributed by atoms with Gasteiger partial charge in [-0.2, -0.15) is 10.2 Å². The third kappa shape index (κ3) is 5.97. The van der Waals surface area contributed by atoms with Crippen LogP contribution in [0.4, 0.5) is 5.69 Å². The molecule has 0 unspecified atom stereocenters. The molecule has 0 aliphatic rings. The molecule has 0 saturated heterocycles. The van der Waals surface area contributed by atoms with Crippen LogP contribution in [0.1, 0.15) is 17.9 Å². The maximum Gasteiger partial charge on any atom is 0.306 e. The number of carbonyl (C=O) groups excluding carboxylic acids is 2. The maximum atomic E-state index is 11.9. The molecule has 2 aromatic heterocycles. The van der Waals surface area contributed by atoms with Crippen molar-refractivity contribution in [3.63, 3.8) is 0 Å². The van der Waals surface area contributed by atoms with Crippen LogP contribution in [0.15, 0.2) is 53.2 Å². The Labute approximate surface area is 166 Å². The summed E-state index contributed by atoms with van der Waals surface area (Å²) in [4.78, 5) is 32.0. The minimum Gasteiger partial charge on any atom is -0.456 e. The standard InChI is InChI=1S/C20H17N5O4/c21-11-10-14-4-6-15(7-5-14)23-17(26)13-28-19(27)9-8-18-24-20(25-29-18)16-3-1-2-12-22-16/h1-7,12H,8-10,13H2,(H,23,26). The molecule has 29 heavy (non-hydrogen) atoms. The van der Waals surface area contributed by atoms with E-state index in [9.17, 15) is 9.59 Å². The van der Waals surface area contributed by atoms with Crippen molar-refractivity contribution in [2.24, 2.45) is 0 Å². The van der Waals surface area contributed by atoms with Gasteiger partial charge in [-0.1, -0.05) is 23.4 Å². The highest BCUT2D eigenvalue weighted by molar-refractivity contribution is 5.92. The molecule has 0 bridgehead atoms. The number of amides is 1. The Bertz CT molecular complexity index is 1010. The number of aromatic nitrogens is 3. The summed E-state index contributed by atoms with van der Waals surface area (Å²) in [6.45, 7) is -0.401. The lowest BCUT2D eigenvalue weighted by Crippen LogP contribution is -2.21. The first-order chi connectivity index (χ1) is 14.1. The summed E-state index contributed by atoms with van der Waals surface area (Å²) in [6, 6.07) is 14.2. The summed E-state index contributed by atoms with van der Waals surface area (Å²) in [6.07, 6.45) is 2.12. The van der Waals surface area contributed by atoms with E-state index in [4.69, 9.17) is 14.5 Å². The third-order valence-corrected chi connectivity index (χ3v) is 3.79. The number of hydrogen-bond donors (Lipinski definition) is 1. The minimum absolute atomic E-state index is 0.0000116. The number of aryl methyl sites for hydroxylation is 1. The van der Waals surface area contributed by atoms with E-state index in [1.165, 1.54) is 0 Å². The van der Waals surface area contributed by atoms with Gasteiger partial charge in [0.05, 0.1) is 18.9 Å². The van der Waals surface area contributed by atoms with Crippen molar-refractivity contribution in [1.29, 1.82) is 5.26 Å². The van der Waals surface area contributed by atoms with Crippen molar-refractivity contribution in [2.75, 3.05) is 11.9 Å². The van der Waals surface area contributed by atoms with Gasteiger partial charge in [-0.3, -0.25) is 14.6 Å². The molecule has 0 radical (unpaired) electrons. The zero-order valence-electron chi connectivity index (χ0n) is 15.4. The Hall–Kier alpha value is -4.06. The summed E-state index contributed by atoms with van der Waals surface area (Å²) in [5.41, 5.74) is 1.98. The highest BCUT2D eigenvalue weighted by atomic mass is 16.5. The van der Waals surface area contributed by atoms with Gasteiger partial charge < -0.3 is 14.6 Å². The summed E-state index contributed by atoms with van der Waals surface area (Å²) >= 11 is 0. The Morgan fingerprint density at radius 1 is 1.17 bits per heavy atom. The van der Waals surface area contributed by atoms with Gasteiger partial charge in [0.25, 0.3) is 5.91 Å². The predicted octanol–water partition coefficient (Wildman–Crippen LogP) is 2.31. The van der Waals surface area contributed by atoms with Gasteiger partial charge in [-0.15, -0.1) is 0 Å². The van der Waals surface area contributed by atoms with Crippen LogP contribution in [0.5, 0.6) is 0 Å². The molecule has 0 aliphatic carbocycles. The molecule has 0 spiro atoms. The Balaban J connectivity index is 1.40. The Morgan fingerprint density at radius 2 is 2.00 bits per heavy atom. The van der Waals surface area contributed by atoms with Crippen molar-refractivity contribution in [1.82, 2.24) is 15.1 Å². The Kier molecular flexibility index (Phi) is 6.62. The number of benzene rings is 1. The van der Waals surface area contributed by atoms with Crippen molar-refractivity contribution in [2.45, 2.75) is 19.3 Å². The fourth-order valence-electron chi connectivity index (χ4n) is 2.38. The lowest BCUT2D eigenvalue weighted by Gasteiger charge is -2.06. The first-order valence-electron chi connectivity index (χ1n) is 8.79. The number of hydrogen-bond acceptors (Lipinski definition) is 8.